The van der Waals surface area contributed by atoms with Crippen LogP contribution in [0.4, 0.5) is 5.69 Å². The number of methoxy groups -OCH3 is 1. The van der Waals surface area contributed by atoms with E-state index in [-0.39, 0.29) is 10.6 Å². The summed E-state index contributed by atoms with van der Waals surface area (Å²) in [5.74, 6) is 0.275. The maximum Gasteiger partial charge on any atom is 0.265 e. The molecule has 4 rings (SSSR count). The van der Waals surface area contributed by atoms with Crippen LogP contribution in [0.2, 0.25) is 0 Å². The number of aromatic nitrogens is 2. The predicted molar refractivity (Wildman–Crippen MR) is 119 cm³/mol. The highest BCUT2D eigenvalue weighted by Gasteiger charge is 2.21. The van der Waals surface area contributed by atoms with Gasteiger partial charge in [-0.25, -0.2) is 18.4 Å². The van der Waals surface area contributed by atoms with Crippen molar-refractivity contribution in [2.24, 2.45) is 0 Å². The van der Waals surface area contributed by atoms with E-state index in [1.54, 1.807) is 24.4 Å². The second kappa shape index (κ2) is 7.74. The van der Waals surface area contributed by atoms with Crippen LogP contribution in [0.3, 0.4) is 0 Å². The van der Waals surface area contributed by atoms with Gasteiger partial charge < -0.3 is 4.74 Å². The molecule has 0 amide bonds. The van der Waals surface area contributed by atoms with Gasteiger partial charge in [-0.15, -0.1) is 0 Å². The summed E-state index contributed by atoms with van der Waals surface area (Å²) in [6.07, 6.45) is 1.74. The Morgan fingerprint density at radius 3 is 2.69 bits per heavy atom. The van der Waals surface area contributed by atoms with Crippen molar-refractivity contribution in [3.63, 3.8) is 0 Å². The molecule has 0 saturated heterocycles. The molecule has 148 valence electrons. The molecule has 0 unspecified atom stereocenters. The molecule has 0 bridgehead atoms. The molecule has 0 aliphatic carbocycles. The molecule has 4 aromatic rings. The lowest BCUT2D eigenvalue weighted by atomic mass is 10.1. The molecule has 0 aliphatic heterocycles. The average Bonchev–Trinajstić information content (AvgIpc) is 3.13. The molecule has 2 heterocycles. The van der Waals surface area contributed by atoms with E-state index < -0.39 is 10.0 Å². The molecule has 0 fully saturated rings. The van der Waals surface area contributed by atoms with Crippen LogP contribution in [0.5, 0.6) is 5.75 Å². The Morgan fingerprint density at radius 1 is 1.14 bits per heavy atom. The molecule has 0 spiro atoms. The fraction of sp³-hybridized carbons (Fsp3) is 0.100. The first-order valence-electron chi connectivity index (χ1n) is 8.56. The maximum absolute atomic E-state index is 12.9. The molecule has 0 aliphatic rings. The zero-order valence-corrected chi connectivity index (χ0v) is 18.7. The third-order valence-electron chi connectivity index (χ3n) is 4.30. The van der Waals surface area contributed by atoms with Crippen molar-refractivity contribution in [3.05, 3.63) is 64.8 Å². The van der Waals surface area contributed by atoms with E-state index >= 15 is 0 Å². The summed E-state index contributed by atoms with van der Waals surface area (Å²) in [5, 5.41) is 0.838. The Balaban J connectivity index is 1.67. The number of hydrogen-bond donors (Lipinski definition) is 1. The van der Waals surface area contributed by atoms with Crippen LogP contribution in [-0.2, 0) is 10.0 Å². The molecule has 29 heavy (non-hydrogen) atoms. The van der Waals surface area contributed by atoms with Gasteiger partial charge in [0.1, 0.15) is 26.0 Å². The van der Waals surface area contributed by atoms with E-state index in [2.05, 4.69) is 30.6 Å². The standard InChI is InChI=1S/C20H16BrN3O3S2/c1-12-10-13(19-23-16-4-3-9-22-20(16)28-19)5-7-15(12)24-29(25,26)18-11-14(21)6-8-17(18)27-2/h3-11,24H,1-2H3. The van der Waals surface area contributed by atoms with E-state index in [9.17, 15) is 8.42 Å². The summed E-state index contributed by atoms with van der Waals surface area (Å²) in [6, 6.07) is 14.1. The molecule has 0 radical (unpaired) electrons. The third kappa shape index (κ3) is 3.98. The summed E-state index contributed by atoms with van der Waals surface area (Å²) in [6.45, 7) is 1.85. The average molecular weight is 490 g/mol. The minimum atomic E-state index is -3.83. The van der Waals surface area contributed by atoms with Gasteiger partial charge in [0.05, 0.1) is 12.8 Å². The lowest BCUT2D eigenvalue weighted by molar-refractivity contribution is 0.403. The highest BCUT2D eigenvalue weighted by Crippen LogP contribution is 2.33. The molecule has 0 atom stereocenters. The smallest absolute Gasteiger partial charge is 0.265 e. The third-order valence-corrected chi connectivity index (χ3v) is 7.21. The maximum atomic E-state index is 12.9. The van der Waals surface area contributed by atoms with Crippen LogP contribution < -0.4 is 9.46 Å². The SMILES string of the molecule is COc1ccc(Br)cc1S(=O)(=O)Nc1ccc(-c2nc3cccnc3s2)cc1C. The normalized spacial score (nSPS) is 11.6. The summed E-state index contributed by atoms with van der Waals surface area (Å²) < 4.78 is 34.4. The number of rotatable bonds is 5. The van der Waals surface area contributed by atoms with E-state index in [1.807, 2.05) is 31.2 Å². The Labute approximate surface area is 180 Å². The van der Waals surface area contributed by atoms with Gasteiger partial charge in [-0.1, -0.05) is 27.3 Å². The first-order valence-corrected chi connectivity index (χ1v) is 11.7. The Hall–Kier alpha value is -2.49. The van der Waals surface area contributed by atoms with Crippen molar-refractivity contribution < 1.29 is 13.2 Å². The van der Waals surface area contributed by atoms with Crippen LogP contribution >= 0.6 is 27.3 Å². The van der Waals surface area contributed by atoms with Crippen molar-refractivity contribution in [2.45, 2.75) is 11.8 Å². The van der Waals surface area contributed by atoms with Gasteiger partial charge in [-0.05, 0) is 61.0 Å². The van der Waals surface area contributed by atoms with Gasteiger partial charge >= 0.3 is 0 Å². The summed E-state index contributed by atoms with van der Waals surface area (Å²) in [4.78, 5) is 9.86. The van der Waals surface area contributed by atoms with E-state index in [1.165, 1.54) is 24.5 Å². The quantitative estimate of drug-likeness (QED) is 0.414. The zero-order valence-electron chi connectivity index (χ0n) is 15.5. The lowest BCUT2D eigenvalue weighted by Gasteiger charge is -2.14. The summed E-state index contributed by atoms with van der Waals surface area (Å²) in [7, 11) is -2.39. The molecule has 1 N–H and O–H groups in total. The highest BCUT2D eigenvalue weighted by atomic mass is 79.9. The number of benzene rings is 2. The van der Waals surface area contributed by atoms with Gasteiger partial charge in [-0.3, -0.25) is 4.72 Å². The number of nitrogens with zero attached hydrogens (tertiary/aromatic N) is 2. The van der Waals surface area contributed by atoms with Gasteiger partial charge in [0.15, 0.2) is 0 Å². The summed E-state index contributed by atoms with van der Waals surface area (Å²) >= 11 is 4.81. The van der Waals surface area contributed by atoms with E-state index in [4.69, 9.17) is 4.74 Å². The van der Waals surface area contributed by atoms with Crippen molar-refractivity contribution in [3.8, 4) is 16.3 Å². The second-order valence-electron chi connectivity index (χ2n) is 6.28. The number of ether oxygens (including phenoxy) is 1. The number of fused-ring (bicyclic) bond motifs is 1. The fourth-order valence-corrected chi connectivity index (χ4v) is 5.61. The summed E-state index contributed by atoms with van der Waals surface area (Å²) in [5.41, 5.74) is 3.03. The number of thiazole rings is 1. The Bertz CT molecular complexity index is 1290. The minimum Gasteiger partial charge on any atom is -0.495 e. The van der Waals surface area contributed by atoms with Crippen LogP contribution in [0.25, 0.3) is 20.9 Å². The van der Waals surface area contributed by atoms with Crippen LogP contribution in [0.1, 0.15) is 5.56 Å². The Morgan fingerprint density at radius 2 is 1.97 bits per heavy atom. The first-order chi connectivity index (χ1) is 13.9. The van der Waals surface area contributed by atoms with E-state index in [0.717, 1.165) is 26.5 Å². The predicted octanol–water partition coefficient (Wildman–Crippen LogP) is 5.24. The number of nitrogens with one attached hydrogen (secondary N) is 1. The van der Waals surface area contributed by atoms with Gasteiger partial charge in [0, 0.05) is 16.2 Å². The van der Waals surface area contributed by atoms with Crippen LogP contribution in [-0.4, -0.2) is 25.5 Å². The molecule has 2 aromatic heterocycles. The van der Waals surface area contributed by atoms with Crippen LogP contribution in [0, 0.1) is 6.92 Å². The molecule has 6 nitrogen and oxygen atoms in total. The number of aryl methyl sites for hydroxylation is 1. The minimum absolute atomic E-state index is 0.0649. The van der Waals surface area contributed by atoms with Crippen molar-refractivity contribution in [1.29, 1.82) is 0 Å². The lowest BCUT2D eigenvalue weighted by Crippen LogP contribution is -2.15. The fourth-order valence-electron chi connectivity index (χ4n) is 2.86. The number of sulfonamides is 1. The Kier molecular flexibility index (Phi) is 5.28. The number of halogens is 1. The second-order valence-corrected chi connectivity index (χ2v) is 9.82. The van der Waals surface area contributed by atoms with Crippen molar-refractivity contribution in [1.82, 2.24) is 9.97 Å². The molecular formula is C20H16BrN3O3S2. The zero-order chi connectivity index (χ0) is 20.6. The molecule has 9 heteroatoms. The number of pyridine rings is 1. The monoisotopic (exact) mass is 489 g/mol. The van der Waals surface area contributed by atoms with Crippen LogP contribution in [0.15, 0.2) is 64.1 Å². The largest absolute Gasteiger partial charge is 0.495 e. The molecule has 0 saturated carbocycles. The van der Waals surface area contributed by atoms with E-state index in [0.29, 0.717) is 10.2 Å². The van der Waals surface area contributed by atoms with Gasteiger partial charge in [0.25, 0.3) is 10.0 Å². The topological polar surface area (TPSA) is 81.2 Å². The molecular weight excluding hydrogens is 474 g/mol. The van der Waals surface area contributed by atoms with Gasteiger partial charge in [0.2, 0.25) is 0 Å². The highest BCUT2D eigenvalue weighted by molar-refractivity contribution is 9.10. The van der Waals surface area contributed by atoms with Crippen molar-refractivity contribution >= 4 is 53.3 Å². The molecule has 2 aromatic carbocycles. The number of hydrogen-bond acceptors (Lipinski definition) is 6. The van der Waals surface area contributed by atoms with Gasteiger partial charge in [-0.2, -0.15) is 0 Å². The first kappa shape index (κ1) is 19.8. The number of anilines is 1. The van der Waals surface area contributed by atoms with Crippen molar-refractivity contribution in [2.75, 3.05) is 11.8 Å².